The quantitative estimate of drug-likeness (QED) is 0.632. The summed E-state index contributed by atoms with van der Waals surface area (Å²) in [4.78, 5) is 27.0. The summed E-state index contributed by atoms with van der Waals surface area (Å²) in [6, 6.07) is 3.78. The van der Waals surface area contributed by atoms with Crippen molar-refractivity contribution in [3.63, 3.8) is 0 Å². The molecule has 0 aromatic heterocycles. The molecule has 1 aliphatic heterocycles. The molecule has 1 aliphatic carbocycles. The second-order valence-electron chi connectivity index (χ2n) is 7.83. The minimum absolute atomic E-state index is 0.0265. The van der Waals surface area contributed by atoms with Crippen LogP contribution < -0.4 is 10.1 Å². The maximum absolute atomic E-state index is 13.1. The Hall–Kier alpha value is -2.39. The standard InChI is InChI=1S/C21H29N3O5S/c1-5-19(25)24-14-21(10-11-21)13-17(24)20(26)22-16-12-15(8-9-18(16)29-4)30(27,28)23(6-2)7-3/h5,8-9,12,17H,1,6-7,10-11,13-14H2,2-4H3,(H,22,26)/t17-/m0/s1. The maximum Gasteiger partial charge on any atom is 0.247 e. The van der Waals surface area contributed by atoms with Crippen LogP contribution in [0.2, 0.25) is 0 Å². The molecular formula is C21H29N3O5S. The van der Waals surface area contributed by atoms with E-state index in [-0.39, 0.29) is 27.8 Å². The largest absolute Gasteiger partial charge is 0.495 e. The lowest BCUT2D eigenvalue weighted by molar-refractivity contribution is -0.132. The van der Waals surface area contributed by atoms with Crippen molar-refractivity contribution >= 4 is 27.5 Å². The van der Waals surface area contributed by atoms with Gasteiger partial charge < -0.3 is 15.0 Å². The van der Waals surface area contributed by atoms with Crippen LogP contribution >= 0.6 is 0 Å². The molecule has 0 radical (unpaired) electrons. The third kappa shape index (κ3) is 4.09. The van der Waals surface area contributed by atoms with E-state index in [1.807, 2.05) is 0 Å². The molecule has 2 amide bonds. The van der Waals surface area contributed by atoms with Gasteiger partial charge in [0.05, 0.1) is 17.7 Å². The van der Waals surface area contributed by atoms with Crippen molar-refractivity contribution < 1.29 is 22.7 Å². The fourth-order valence-corrected chi connectivity index (χ4v) is 5.54. The predicted molar refractivity (Wildman–Crippen MR) is 114 cm³/mol. The number of anilines is 1. The second kappa shape index (κ2) is 8.39. The number of amides is 2. The number of nitrogens with zero attached hydrogens (tertiary/aromatic N) is 2. The highest BCUT2D eigenvalue weighted by Gasteiger charge is 2.54. The Labute approximate surface area is 177 Å². The smallest absolute Gasteiger partial charge is 0.247 e. The molecule has 1 aromatic carbocycles. The number of hydrogen-bond acceptors (Lipinski definition) is 5. The Morgan fingerprint density at radius 3 is 2.53 bits per heavy atom. The molecule has 0 bridgehead atoms. The first-order valence-electron chi connectivity index (χ1n) is 10.1. The lowest BCUT2D eigenvalue weighted by Crippen LogP contribution is -2.42. The lowest BCUT2D eigenvalue weighted by Gasteiger charge is -2.23. The highest BCUT2D eigenvalue weighted by Crippen LogP contribution is 2.55. The molecule has 8 nitrogen and oxygen atoms in total. The molecule has 1 N–H and O–H groups in total. The van der Waals surface area contributed by atoms with Crippen molar-refractivity contribution in [2.75, 3.05) is 32.1 Å². The van der Waals surface area contributed by atoms with E-state index in [1.165, 1.54) is 35.7 Å². The number of nitrogens with one attached hydrogen (secondary N) is 1. The van der Waals surface area contributed by atoms with Crippen LogP contribution in [0.4, 0.5) is 5.69 Å². The third-order valence-electron chi connectivity index (χ3n) is 6.00. The lowest BCUT2D eigenvalue weighted by atomic mass is 10.0. The van der Waals surface area contributed by atoms with Gasteiger partial charge in [-0.2, -0.15) is 4.31 Å². The molecule has 3 rings (SSSR count). The van der Waals surface area contributed by atoms with Crippen LogP contribution in [0, 0.1) is 5.41 Å². The zero-order valence-corrected chi connectivity index (χ0v) is 18.5. The Kier molecular flexibility index (Phi) is 6.24. The summed E-state index contributed by atoms with van der Waals surface area (Å²) in [6.45, 7) is 8.31. The minimum Gasteiger partial charge on any atom is -0.495 e. The molecule has 2 fully saturated rings. The van der Waals surface area contributed by atoms with Gasteiger partial charge in [0.25, 0.3) is 0 Å². The van der Waals surface area contributed by atoms with E-state index in [9.17, 15) is 18.0 Å². The van der Waals surface area contributed by atoms with Crippen LogP contribution in [-0.2, 0) is 19.6 Å². The summed E-state index contributed by atoms with van der Waals surface area (Å²) < 4.78 is 32.4. The SMILES string of the molecule is C=CC(=O)N1CC2(CC2)C[C@H]1C(=O)Nc1cc(S(=O)(=O)N(CC)CC)ccc1OC. The van der Waals surface area contributed by atoms with Gasteiger partial charge in [0.15, 0.2) is 0 Å². The molecule has 1 heterocycles. The molecule has 1 aromatic rings. The van der Waals surface area contributed by atoms with Crippen LogP contribution in [0.3, 0.4) is 0 Å². The molecule has 30 heavy (non-hydrogen) atoms. The van der Waals surface area contributed by atoms with Crippen LogP contribution in [0.25, 0.3) is 0 Å². The fourth-order valence-electron chi connectivity index (χ4n) is 4.05. The number of hydrogen-bond donors (Lipinski definition) is 1. The summed E-state index contributed by atoms with van der Waals surface area (Å²) in [5.41, 5.74) is 0.289. The molecule has 1 saturated heterocycles. The first-order chi connectivity index (χ1) is 14.2. The van der Waals surface area contributed by atoms with Crippen LogP contribution in [0.15, 0.2) is 35.7 Å². The van der Waals surface area contributed by atoms with Crippen molar-refractivity contribution in [3.05, 3.63) is 30.9 Å². The minimum atomic E-state index is -3.69. The van der Waals surface area contributed by atoms with E-state index >= 15 is 0 Å². The van der Waals surface area contributed by atoms with Gasteiger partial charge in [0.1, 0.15) is 11.8 Å². The van der Waals surface area contributed by atoms with Gasteiger partial charge in [0.2, 0.25) is 21.8 Å². The van der Waals surface area contributed by atoms with Gasteiger partial charge >= 0.3 is 0 Å². The molecular weight excluding hydrogens is 406 g/mol. The van der Waals surface area contributed by atoms with E-state index in [0.717, 1.165) is 12.8 Å². The number of benzene rings is 1. The number of carbonyl (C=O) groups is 2. The molecule has 1 saturated carbocycles. The third-order valence-corrected chi connectivity index (χ3v) is 8.04. The van der Waals surface area contributed by atoms with E-state index in [0.29, 0.717) is 31.8 Å². The van der Waals surface area contributed by atoms with Crippen LogP contribution in [-0.4, -0.2) is 62.2 Å². The number of ether oxygens (including phenoxy) is 1. The van der Waals surface area contributed by atoms with Gasteiger partial charge in [0, 0.05) is 19.6 Å². The molecule has 2 aliphatic rings. The number of methoxy groups -OCH3 is 1. The zero-order chi connectivity index (χ0) is 22.1. The second-order valence-corrected chi connectivity index (χ2v) is 9.77. The van der Waals surface area contributed by atoms with Crippen molar-refractivity contribution in [3.8, 4) is 5.75 Å². The summed E-state index contributed by atoms with van der Waals surface area (Å²) >= 11 is 0. The zero-order valence-electron chi connectivity index (χ0n) is 17.7. The van der Waals surface area contributed by atoms with Gasteiger partial charge in [-0.15, -0.1) is 0 Å². The number of likely N-dealkylation sites (tertiary alicyclic amines) is 1. The van der Waals surface area contributed by atoms with Gasteiger partial charge in [-0.25, -0.2) is 8.42 Å². The average Bonchev–Trinajstić information content (AvgIpc) is 3.37. The topological polar surface area (TPSA) is 96.0 Å². The molecule has 1 spiro atoms. The molecule has 9 heteroatoms. The Morgan fingerprint density at radius 2 is 2.00 bits per heavy atom. The fraction of sp³-hybridized carbons (Fsp3) is 0.524. The van der Waals surface area contributed by atoms with Crippen molar-refractivity contribution in [2.45, 2.75) is 44.0 Å². The summed E-state index contributed by atoms with van der Waals surface area (Å²) in [7, 11) is -2.24. The Balaban J connectivity index is 1.89. The van der Waals surface area contributed by atoms with Crippen molar-refractivity contribution in [1.82, 2.24) is 9.21 Å². The number of carbonyl (C=O) groups excluding carboxylic acids is 2. The normalized spacial score (nSPS) is 19.7. The number of rotatable bonds is 8. The van der Waals surface area contributed by atoms with Gasteiger partial charge in [-0.1, -0.05) is 20.4 Å². The first kappa shape index (κ1) is 22.3. The molecule has 164 valence electrons. The van der Waals surface area contributed by atoms with Crippen molar-refractivity contribution in [2.24, 2.45) is 5.41 Å². The molecule has 1 atom stereocenters. The highest BCUT2D eigenvalue weighted by atomic mass is 32.2. The highest BCUT2D eigenvalue weighted by molar-refractivity contribution is 7.89. The van der Waals surface area contributed by atoms with E-state index in [2.05, 4.69) is 11.9 Å². The number of sulfonamides is 1. The van der Waals surface area contributed by atoms with E-state index in [1.54, 1.807) is 18.7 Å². The maximum atomic E-state index is 13.1. The Morgan fingerprint density at radius 1 is 1.33 bits per heavy atom. The summed E-state index contributed by atoms with van der Waals surface area (Å²) in [6.07, 6.45) is 3.81. The predicted octanol–water partition coefficient (Wildman–Crippen LogP) is 2.23. The summed E-state index contributed by atoms with van der Waals surface area (Å²) in [5, 5.41) is 2.79. The van der Waals surface area contributed by atoms with Gasteiger partial charge in [-0.05, 0) is 49.0 Å². The Bertz CT molecular complexity index is 951. The van der Waals surface area contributed by atoms with Crippen LogP contribution in [0.5, 0.6) is 5.75 Å². The van der Waals surface area contributed by atoms with Crippen molar-refractivity contribution in [1.29, 1.82) is 0 Å². The molecule has 0 unspecified atom stereocenters. The van der Waals surface area contributed by atoms with Crippen LogP contribution in [0.1, 0.15) is 33.1 Å². The monoisotopic (exact) mass is 435 g/mol. The van der Waals surface area contributed by atoms with E-state index < -0.39 is 16.1 Å². The van der Waals surface area contributed by atoms with E-state index in [4.69, 9.17) is 4.74 Å². The summed E-state index contributed by atoms with van der Waals surface area (Å²) in [5.74, 6) is -0.281. The average molecular weight is 436 g/mol. The van der Waals surface area contributed by atoms with Gasteiger partial charge in [-0.3, -0.25) is 9.59 Å². The first-order valence-corrected chi connectivity index (χ1v) is 11.6.